The van der Waals surface area contributed by atoms with Gasteiger partial charge in [0.05, 0.1) is 10.8 Å². The molecule has 5 heteroatoms. The third kappa shape index (κ3) is 2.32. The number of rotatable bonds is 3. The van der Waals surface area contributed by atoms with Crippen LogP contribution >= 0.6 is 0 Å². The number of nitrogens with one attached hydrogen (secondary N) is 2. The number of carbonyl (C=O) groups excluding carboxylic acids is 2. The monoisotopic (exact) mass is 281 g/mol. The van der Waals surface area contributed by atoms with Crippen LogP contribution in [0.1, 0.15) is 33.6 Å². The molecule has 0 spiro atoms. The predicted molar refractivity (Wildman–Crippen MR) is 78.1 cm³/mol. The van der Waals surface area contributed by atoms with Gasteiger partial charge in [-0.1, -0.05) is 13.8 Å². The average molecular weight is 281 g/mol. The molecule has 0 saturated carbocycles. The fourth-order valence-electron chi connectivity index (χ4n) is 3.57. The van der Waals surface area contributed by atoms with Gasteiger partial charge in [0.25, 0.3) is 0 Å². The van der Waals surface area contributed by atoms with Gasteiger partial charge in [-0.3, -0.25) is 9.59 Å². The molecule has 2 aliphatic heterocycles. The lowest BCUT2D eigenvalue weighted by atomic mass is 9.75. The van der Waals surface area contributed by atoms with Crippen molar-refractivity contribution in [3.63, 3.8) is 0 Å². The quantitative estimate of drug-likeness (QED) is 0.796. The molecule has 0 aromatic rings. The van der Waals surface area contributed by atoms with Crippen LogP contribution in [-0.2, 0) is 9.59 Å². The molecule has 2 unspecified atom stereocenters. The molecule has 2 saturated heterocycles. The summed E-state index contributed by atoms with van der Waals surface area (Å²) in [7, 11) is 1.66. The predicted octanol–water partition coefficient (Wildman–Crippen LogP) is 0.607. The highest BCUT2D eigenvalue weighted by Gasteiger charge is 2.50. The summed E-state index contributed by atoms with van der Waals surface area (Å²) in [6.45, 7) is 9.10. The highest BCUT2D eigenvalue weighted by atomic mass is 16.2. The van der Waals surface area contributed by atoms with E-state index < -0.39 is 5.41 Å². The van der Waals surface area contributed by atoms with Crippen LogP contribution in [0.2, 0.25) is 0 Å². The maximum absolute atomic E-state index is 13.0. The molecule has 2 fully saturated rings. The van der Waals surface area contributed by atoms with E-state index in [2.05, 4.69) is 24.5 Å². The molecule has 114 valence electrons. The van der Waals surface area contributed by atoms with Gasteiger partial charge in [-0.2, -0.15) is 0 Å². The summed E-state index contributed by atoms with van der Waals surface area (Å²) < 4.78 is 0. The SMILES string of the molecule is CNC(=O)C1(C)CCN(C(=O)C2(C(C)C)CCNC2)C1. The Morgan fingerprint density at radius 2 is 2.00 bits per heavy atom. The summed E-state index contributed by atoms with van der Waals surface area (Å²) in [4.78, 5) is 26.8. The van der Waals surface area contributed by atoms with Crippen molar-refractivity contribution in [3.05, 3.63) is 0 Å². The van der Waals surface area contributed by atoms with Gasteiger partial charge in [0.2, 0.25) is 11.8 Å². The van der Waals surface area contributed by atoms with E-state index in [1.54, 1.807) is 7.05 Å². The second-order valence-corrected chi connectivity index (χ2v) is 6.85. The zero-order valence-electron chi connectivity index (χ0n) is 13.1. The third-order valence-electron chi connectivity index (χ3n) is 5.26. The molecule has 2 amide bonds. The summed E-state index contributed by atoms with van der Waals surface area (Å²) in [5.41, 5.74) is -0.720. The van der Waals surface area contributed by atoms with Gasteiger partial charge in [0, 0.05) is 26.7 Å². The molecule has 2 N–H and O–H groups in total. The molecule has 2 aliphatic rings. The Bertz CT molecular complexity index is 402. The van der Waals surface area contributed by atoms with Gasteiger partial charge in [0.1, 0.15) is 0 Å². The minimum atomic E-state index is -0.436. The van der Waals surface area contributed by atoms with Gasteiger partial charge < -0.3 is 15.5 Å². The van der Waals surface area contributed by atoms with Gasteiger partial charge in [0.15, 0.2) is 0 Å². The Hall–Kier alpha value is -1.10. The van der Waals surface area contributed by atoms with Crippen LogP contribution in [0.5, 0.6) is 0 Å². The Morgan fingerprint density at radius 1 is 1.30 bits per heavy atom. The Balaban J connectivity index is 2.13. The van der Waals surface area contributed by atoms with Crippen molar-refractivity contribution in [2.75, 3.05) is 33.2 Å². The van der Waals surface area contributed by atoms with E-state index in [1.165, 1.54) is 0 Å². The van der Waals surface area contributed by atoms with Crippen LogP contribution in [0, 0.1) is 16.7 Å². The summed E-state index contributed by atoms with van der Waals surface area (Å²) in [5, 5.41) is 6.05. The van der Waals surface area contributed by atoms with Crippen LogP contribution in [0.25, 0.3) is 0 Å². The minimum absolute atomic E-state index is 0.0379. The standard InChI is InChI=1S/C15H27N3O2/c1-11(2)15(5-7-17-9-15)13(20)18-8-6-14(3,10-18)12(19)16-4/h11,17H,5-10H2,1-4H3,(H,16,19). The van der Waals surface area contributed by atoms with E-state index in [4.69, 9.17) is 0 Å². The zero-order valence-corrected chi connectivity index (χ0v) is 13.1. The number of likely N-dealkylation sites (tertiary alicyclic amines) is 1. The molecular formula is C15H27N3O2. The van der Waals surface area contributed by atoms with Gasteiger partial charge >= 0.3 is 0 Å². The second-order valence-electron chi connectivity index (χ2n) is 6.85. The lowest BCUT2D eigenvalue weighted by Gasteiger charge is -2.35. The zero-order chi connectivity index (χ0) is 15.0. The smallest absolute Gasteiger partial charge is 0.230 e. The maximum Gasteiger partial charge on any atom is 0.230 e. The van der Waals surface area contributed by atoms with E-state index in [-0.39, 0.29) is 17.2 Å². The summed E-state index contributed by atoms with van der Waals surface area (Å²) in [5.74, 6) is 0.581. The highest BCUT2D eigenvalue weighted by molar-refractivity contribution is 5.87. The van der Waals surface area contributed by atoms with Crippen molar-refractivity contribution in [2.45, 2.75) is 33.6 Å². The molecule has 2 rings (SSSR count). The first-order valence-corrected chi connectivity index (χ1v) is 7.58. The fourth-order valence-corrected chi connectivity index (χ4v) is 3.57. The number of hydrogen-bond acceptors (Lipinski definition) is 3. The van der Waals surface area contributed by atoms with E-state index in [0.29, 0.717) is 19.0 Å². The largest absolute Gasteiger partial charge is 0.359 e. The molecule has 0 aliphatic carbocycles. The molecule has 2 atom stereocenters. The van der Waals surface area contributed by atoms with Crippen LogP contribution in [0.4, 0.5) is 0 Å². The summed E-state index contributed by atoms with van der Waals surface area (Å²) in [6.07, 6.45) is 1.65. The van der Waals surface area contributed by atoms with E-state index in [0.717, 1.165) is 25.9 Å². The Kier molecular flexibility index (Phi) is 4.09. The normalized spacial score (nSPS) is 33.8. The molecule has 2 heterocycles. The fraction of sp³-hybridized carbons (Fsp3) is 0.867. The first-order chi connectivity index (χ1) is 9.35. The van der Waals surface area contributed by atoms with Crippen molar-refractivity contribution in [2.24, 2.45) is 16.7 Å². The number of amides is 2. The first kappa shape index (κ1) is 15.3. The van der Waals surface area contributed by atoms with Crippen LogP contribution in [0.15, 0.2) is 0 Å². The lowest BCUT2D eigenvalue weighted by Crippen LogP contribution is -2.49. The van der Waals surface area contributed by atoms with Gasteiger partial charge in [-0.05, 0) is 32.2 Å². The number of carbonyl (C=O) groups is 2. The molecule has 5 nitrogen and oxygen atoms in total. The first-order valence-electron chi connectivity index (χ1n) is 7.58. The van der Waals surface area contributed by atoms with Crippen molar-refractivity contribution in [1.29, 1.82) is 0 Å². The van der Waals surface area contributed by atoms with E-state index in [1.807, 2.05) is 11.8 Å². The highest BCUT2D eigenvalue weighted by Crippen LogP contribution is 2.39. The van der Waals surface area contributed by atoms with Gasteiger partial charge in [-0.25, -0.2) is 0 Å². The van der Waals surface area contributed by atoms with Crippen molar-refractivity contribution < 1.29 is 9.59 Å². The van der Waals surface area contributed by atoms with Crippen molar-refractivity contribution in [3.8, 4) is 0 Å². The molecule has 0 radical (unpaired) electrons. The lowest BCUT2D eigenvalue weighted by molar-refractivity contribution is -0.143. The topological polar surface area (TPSA) is 61.4 Å². The molecule has 0 aromatic heterocycles. The molecule has 20 heavy (non-hydrogen) atoms. The number of hydrogen-bond donors (Lipinski definition) is 2. The Morgan fingerprint density at radius 3 is 2.50 bits per heavy atom. The Labute approximate surface area is 121 Å². The maximum atomic E-state index is 13.0. The average Bonchev–Trinajstić information content (AvgIpc) is 3.05. The molecular weight excluding hydrogens is 254 g/mol. The molecule has 0 aromatic carbocycles. The minimum Gasteiger partial charge on any atom is -0.359 e. The summed E-state index contributed by atoms with van der Waals surface area (Å²) in [6, 6.07) is 0. The van der Waals surface area contributed by atoms with E-state index >= 15 is 0 Å². The molecule has 0 bridgehead atoms. The third-order valence-corrected chi connectivity index (χ3v) is 5.26. The van der Waals surface area contributed by atoms with Crippen LogP contribution < -0.4 is 10.6 Å². The van der Waals surface area contributed by atoms with Crippen LogP contribution in [0.3, 0.4) is 0 Å². The van der Waals surface area contributed by atoms with Crippen molar-refractivity contribution in [1.82, 2.24) is 15.5 Å². The van der Waals surface area contributed by atoms with Crippen LogP contribution in [-0.4, -0.2) is 49.9 Å². The summed E-state index contributed by atoms with van der Waals surface area (Å²) >= 11 is 0. The second kappa shape index (κ2) is 5.35. The van der Waals surface area contributed by atoms with Crippen molar-refractivity contribution >= 4 is 11.8 Å². The van der Waals surface area contributed by atoms with E-state index in [9.17, 15) is 9.59 Å². The van der Waals surface area contributed by atoms with Gasteiger partial charge in [-0.15, -0.1) is 0 Å². The number of nitrogens with zero attached hydrogens (tertiary/aromatic N) is 1.